The Morgan fingerprint density at radius 1 is 1.71 bits per heavy atom. The third-order valence-electron chi connectivity index (χ3n) is 1.56. The molecule has 0 atom stereocenters. The van der Waals surface area contributed by atoms with Gasteiger partial charge in [-0.25, -0.2) is 0 Å². The standard InChI is InChI=1S/C8H13N3O2S/c1-13-4-2-3-9-7(12)5-8-11-10-6-14-8/h6H,2-5H2,1H3,(H,9,12). The van der Waals surface area contributed by atoms with Gasteiger partial charge in [-0.05, 0) is 6.42 Å². The highest BCUT2D eigenvalue weighted by atomic mass is 32.1. The van der Waals surface area contributed by atoms with Crippen LogP contribution in [0.15, 0.2) is 5.51 Å². The molecule has 0 aliphatic heterocycles. The first-order valence-electron chi connectivity index (χ1n) is 4.33. The van der Waals surface area contributed by atoms with E-state index >= 15 is 0 Å². The topological polar surface area (TPSA) is 64.1 Å². The first kappa shape index (κ1) is 11.1. The lowest BCUT2D eigenvalue weighted by Gasteiger charge is -2.02. The van der Waals surface area contributed by atoms with E-state index in [0.29, 0.717) is 19.6 Å². The molecule has 0 radical (unpaired) electrons. The summed E-state index contributed by atoms with van der Waals surface area (Å²) in [5, 5.41) is 11.0. The molecular formula is C8H13N3O2S. The normalized spacial score (nSPS) is 10.1. The van der Waals surface area contributed by atoms with Gasteiger partial charge in [-0.3, -0.25) is 4.79 Å². The van der Waals surface area contributed by atoms with Crippen LogP contribution in [0.3, 0.4) is 0 Å². The van der Waals surface area contributed by atoms with Crippen LogP contribution in [-0.4, -0.2) is 36.4 Å². The van der Waals surface area contributed by atoms with Crippen molar-refractivity contribution >= 4 is 17.2 Å². The van der Waals surface area contributed by atoms with E-state index in [1.807, 2.05) is 0 Å². The number of methoxy groups -OCH3 is 1. The molecule has 1 aromatic rings. The third-order valence-corrected chi connectivity index (χ3v) is 2.26. The Morgan fingerprint density at radius 3 is 3.21 bits per heavy atom. The highest BCUT2D eigenvalue weighted by Crippen LogP contribution is 2.01. The second-order valence-electron chi connectivity index (χ2n) is 2.71. The molecule has 1 aromatic heterocycles. The van der Waals surface area contributed by atoms with Crippen LogP contribution in [0, 0.1) is 0 Å². The number of rotatable bonds is 6. The lowest BCUT2D eigenvalue weighted by Crippen LogP contribution is -2.26. The fourth-order valence-electron chi connectivity index (χ4n) is 0.917. The minimum absolute atomic E-state index is 0.0159. The molecule has 0 unspecified atom stereocenters. The number of aromatic nitrogens is 2. The number of carbonyl (C=O) groups excluding carboxylic acids is 1. The molecule has 5 nitrogen and oxygen atoms in total. The van der Waals surface area contributed by atoms with E-state index in [-0.39, 0.29) is 5.91 Å². The molecule has 14 heavy (non-hydrogen) atoms. The number of hydrogen-bond donors (Lipinski definition) is 1. The molecule has 0 bridgehead atoms. The van der Waals surface area contributed by atoms with Gasteiger partial charge in [0, 0.05) is 20.3 Å². The van der Waals surface area contributed by atoms with Crippen LogP contribution in [0.25, 0.3) is 0 Å². The van der Waals surface area contributed by atoms with E-state index in [4.69, 9.17) is 4.74 Å². The summed E-state index contributed by atoms with van der Waals surface area (Å²) in [6, 6.07) is 0. The van der Waals surface area contributed by atoms with Crippen LogP contribution in [0.2, 0.25) is 0 Å². The molecule has 1 N–H and O–H groups in total. The number of nitrogens with zero attached hydrogens (tertiary/aromatic N) is 2. The molecule has 0 fully saturated rings. The summed E-state index contributed by atoms with van der Waals surface area (Å²) in [5.74, 6) is -0.0159. The highest BCUT2D eigenvalue weighted by Gasteiger charge is 2.04. The van der Waals surface area contributed by atoms with Crippen molar-refractivity contribution in [1.29, 1.82) is 0 Å². The Morgan fingerprint density at radius 2 is 2.57 bits per heavy atom. The Bertz CT molecular complexity index is 264. The zero-order valence-corrected chi connectivity index (χ0v) is 8.84. The lowest BCUT2D eigenvalue weighted by atomic mass is 10.4. The quantitative estimate of drug-likeness (QED) is 0.690. The summed E-state index contributed by atoms with van der Waals surface area (Å²) in [5.41, 5.74) is 1.62. The molecule has 78 valence electrons. The SMILES string of the molecule is COCCCNC(=O)Cc1nncs1. The van der Waals surface area contributed by atoms with E-state index in [0.717, 1.165) is 11.4 Å². The van der Waals surface area contributed by atoms with Crippen molar-refractivity contribution < 1.29 is 9.53 Å². The van der Waals surface area contributed by atoms with Gasteiger partial charge >= 0.3 is 0 Å². The summed E-state index contributed by atoms with van der Waals surface area (Å²) < 4.78 is 4.86. The van der Waals surface area contributed by atoms with E-state index in [1.165, 1.54) is 11.3 Å². The van der Waals surface area contributed by atoms with E-state index in [1.54, 1.807) is 12.6 Å². The van der Waals surface area contributed by atoms with Gasteiger partial charge in [-0.2, -0.15) is 0 Å². The third kappa shape index (κ3) is 4.29. The Hall–Kier alpha value is -1.01. The maximum Gasteiger partial charge on any atom is 0.226 e. The Labute approximate surface area is 86.5 Å². The zero-order valence-electron chi connectivity index (χ0n) is 8.02. The van der Waals surface area contributed by atoms with Crippen molar-refractivity contribution in [3.05, 3.63) is 10.5 Å². The first-order chi connectivity index (χ1) is 6.83. The predicted molar refractivity (Wildman–Crippen MR) is 53.1 cm³/mol. The van der Waals surface area contributed by atoms with Crippen LogP contribution >= 0.6 is 11.3 Å². The van der Waals surface area contributed by atoms with Gasteiger partial charge in [0.1, 0.15) is 10.5 Å². The summed E-state index contributed by atoms with van der Waals surface area (Å²) in [6.07, 6.45) is 1.15. The summed E-state index contributed by atoms with van der Waals surface area (Å²) in [4.78, 5) is 11.3. The predicted octanol–water partition coefficient (Wildman–Crippen LogP) is 0.233. The first-order valence-corrected chi connectivity index (χ1v) is 5.21. The average Bonchev–Trinajstić information content (AvgIpc) is 2.65. The second-order valence-corrected chi connectivity index (χ2v) is 3.62. The monoisotopic (exact) mass is 215 g/mol. The van der Waals surface area contributed by atoms with Gasteiger partial charge in [-0.15, -0.1) is 21.5 Å². The number of ether oxygens (including phenoxy) is 1. The Kier molecular flexibility index (Phi) is 5.09. The summed E-state index contributed by atoms with van der Waals surface area (Å²) in [7, 11) is 1.64. The lowest BCUT2D eigenvalue weighted by molar-refractivity contribution is -0.120. The van der Waals surface area contributed by atoms with Gasteiger partial charge in [0.05, 0.1) is 6.42 Å². The van der Waals surface area contributed by atoms with Gasteiger partial charge in [0.2, 0.25) is 5.91 Å². The van der Waals surface area contributed by atoms with Crippen LogP contribution in [0.1, 0.15) is 11.4 Å². The fourth-order valence-corrected chi connectivity index (χ4v) is 1.44. The smallest absolute Gasteiger partial charge is 0.226 e. The molecule has 0 spiro atoms. The van der Waals surface area contributed by atoms with Gasteiger partial charge in [0.25, 0.3) is 0 Å². The molecule has 1 heterocycles. The van der Waals surface area contributed by atoms with Crippen LogP contribution in [0.5, 0.6) is 0 Å². The molecular weight excluding hydrogens is 202 g/mol. The molecule has 0 saturated heterocycles. The minimum atomic E-state index is -0.0159. The largest absolute Gasteiger partial charge is 0.385 e. The second kappa shape index (κ2) is 6.44. The van der Waals surface area contributed by atoms with Gasteiger partial charge in [-0.1, -0.05) is 0 Å². The van der Waals surface area contributed by atoms with Crippen molar-refractivity contribution in [2.75, 3.05) is 20.3 Å². The summed E-state index contributed by atoms with van der Waals surface area (Å²) >= 11 is 1.39. The molecule has 0 aliphatic carbocycles. The zero-order chi connectivity index (χ0) is 10.2. The number of carbonyl (C=O) groups is 1. The molecule has 0 aromatic carbocycles. The minimum Gasteiger partial charge on any atom is -0.385 e. The van der Waals surface area contributed by atoms with Gasteiger partial charge < -0.3 is 10.1 Å². The number of nitrogens with one attached hydrogen (secondary N) is 1. The maximum atomic E-state index is 11.3. The van der Waals surface area contributed by atoms with Crippen molar-refractivity contribution in [3.8, 4) is 0 Å². The fraction of sp³-hybridized carbons (Fsp3) is 0.625. The Balaban J connectivity index is 2.11. The number of hydrogen-bond acceptors (Lipinski definition) is 5. The van der Waals surface area contributed by atoms with Crippen molar-refractivity contribution in [3.63, 3.8) is 0 Å². The molecule has 0 aliphatic rings. The highest BCUT2D eigenvalue weighted by molar-refractivity contribution is 7.09. The van der Waals surface area contributed by atoms with Gasteiger partial charge in [0.15, 0.2) is 0 Å². The molecule has 6 heteroatoms. The van der Waals surface area contributed by atoms with Crippen LogP contribution in [-0.2, 0) is 16.0 Å². The van der Waals surface area contributed by atoms with Crippen molar-refractivity contribution in [2.45, 2.75) is 12.8 Å². The van der Waals surface area contributed by atoms with Crippen LogP contribution < -0.4 is 5.32 Å². The molecule has 1 amide bonds. The van der Waals surface area contributed by atoms with Crippen molar-refractivity contribution in [2.24, 2.45) is 0 Å². The van der Waals surface area contributed by atoms with E-state index < -0.39 is 0 Å². The summed E-state index contributed by atoms with van der Waals surface area (Å²) in [6.45, 7) is 1.31. The van der Waals surface area contributed by atoms with Crippen molar-refractivity contribution in [1.82, 2.24) is 15.5 Å². The maximum absolute atomic E-state index is 11.3. The number of amides is 1. The van der Waals surface area contributed by atoms with E-state index in [9.17, 15) is 4.79 Å². The molecule has 1 rings (SSSR count). The van der Waals surface area contributed by atoms with E-state index in [2.05, 4.69) is 15.5 Å². The molecule has 0 saturated carbocycles. The van der Waals surface area contributed by atoms with Crippen LogP contribution in [0.4, 0.5) is 0 Å². The average molecular weight is 215 g/mol.